The predicted molar refractivity (Wildman–Crippen MR) is 92.4 cm³/mol. The van der Waals surface area contributed by atoms with Gasteiger partial charge in [-0.05, 0) is 31.0 Å². The number of halogens is 2. The van der Waals surface area contributed by atoms with Crippen LogP contribution in [0.2, 0.25) is 10.0 Å². The third-order valence-corrected chi connectivity index (χ3v) is 3.34. The summed E-state index contributed by atoms with van der Waals surface area (Å²) >= 11 is 11.9. The van der Waals surface area contributed by atoms with E-state index in [1.807, 2.05) is 0 Å². The molecular formula is C15H23Cl2N3O2. The molecule has 0 aliphatic carbocycles. The minimum absolute atomic E-state index is 0.524. The molecule has 0 atom stereocenters. The van der Waals surface area contributed by atoms with Gasteiger partial charge >= 0.3 is 0 Å². The van der Waals surface area contributed by atoms with Crippen LogP contribution in [0.3, 0.4) is 0 Å². The number of methoxy groups -OCH3 is 1. The summed E-state index contributed by atoms with van der Waals surface area (Å²) in [6.45, 7) is 2.88. The molecule has 0 aliphatic heterocycles. The molecule has 0 aromatic heterocycles. The highest BCUT2D eigenvalue weighted by atomic mass is 35.5. The maximum absolute atomic E-state index is 6.03. The van der Waals surface area contributed by atoms with Gasteiger partial charge in [-0.15, -0.1) is 0 Å². The van der Waals surface area contributed by atoms with Crippen LogP contribution in [0.1, 0.15) is 12.8 Å². The van der Waals surface area contributed by atoms with E-state index in [4.69, 9.17) is 32.7 Å². The number of hydrogen-bond acceptors (Lipinski definition) is 3. The summed E-state index contributed by atoms with van der Waals surface area (Å²) in [4.78, 5) is 4.14. The zero-order chi connectivity index (χ0) is 16.2. The number of nitrogens with one attached hydrogen (secondary N) is 2. The number of guanidine groups is 1. The third kappa shape index (κ3) is 7.73. The van der Waals surface area contributed by atoms with Crippen LogP contribution in [0.25, 0.3) is 0 Å². The van der Waals surface area contributed by atoms with Crippen molar-refractivity contribution < 1.29 is 9.47 Å². The summed E-state index contributed by atoms with van der Waals surface area (Å²) < 4.78 is 10.6. The maximum Gasteiger partial charge on any atom is 0.190 e. The average Bonchev–Trinajstić information content (AvgIpc) is 2.51. The molecule has 2 N–H and O–H groups in total. The molecule has 0 heterocycles. The lowest BCUT2D eigenvalue weighted by Crippen LogP contribution is -2.38. The average molecular weight is 348 g/mol. The standard InChI is InChI=1S/C15H23Cl2N3O2/c1-18-15(19-7-3-9-21-2)20-8-4-10-22-14-6-5-12(16)11-13(14)17/h5-6,11H,3-4,7-10H2,1-2H3,(H2,18,19,20). The molecule has 0 amide bonds. The van der Waals surface area contributed by atoms with Crippen LogP contribution in [-0.4, -0.2) is 46.4 Å². The van der Waals surface area contributed by atoms with E-state index in [0.29, 0.717) is 22.4 Å². The van der Waals surface area contributed by atoms with Gasteiger partial charge in [0.25, 0.3) is 0 Å². The molecule has 0 saturated carbocycles. The third-order valence-electron chi connectivity index (χ3n) is 2.81. The van der Waals surface area contributed by atoms with Crippen molar-refractivity contribution in [3.63, 3.8) is 0 Å². The normalized spacial score (nSPS) is 11.4. The van der Waals surface area contributed by atoms with E-state index in [1.54, 1.807) is 32.4 Å². The molecular weight excluding hydrogens is 325 g/mol. The van der Waals surface area contributed by atoms with E-state index in [2.05, 4.69) is 15.6 Å². The number of nitrogens with zero attached hydrogens (tertiary/aromatic N) is 1. The molecule has 0 spiro atoms. The first-order valence-electron chi connectivity index (χ1n) is 7.18. The van der Waals surface area contributed by atoms with Crippen molar-refractivity contribution >= 4 is 29.2 Å². The Hall–Kier alpha value is -1.17. The van der Waals surface area contributed by atoms with Gasteiger partial charge in [-0.25, -0.2) is 0 Å². The minimum Gasteiger partial charge on any atom is -0.492 e. The van der Waals surface area contributed by atoms with Gasteiger partial charge in [0.05, 0.1) is 11.6 Å². The number of ether oxygens (including phenoxy) is 2. The Kier molecular flexibility index (Phi) is 9.79. The van der Waals surface area contributed by atoms with E-state index in [0.717, 1.165) is 38.5 Å². The molecule has 0 radical (unpaired) electrons. The Morgan fingerprint density at radius 2 is 1.82 bits per heavy atom. The van der Waals surface area contributed by atoms with Crippen LogP contribution < -0.4 is 15.4 Å². The van der Waals surface area contributed by atoms with Crippen molar-refractivity contribution in [2.24, 2.45) is 4.99 Å². The molecule has 22 heavy (non-hydrogen) atoms. The fraction of sp³-hybridized carbons (Fsp3) is 0.533. The maximum atomic E-state index is 6.03. The smallest absolute Gasteiger partial charge is 0.190 e. The van der Waals surface area contributed by atoms with Gasteiger partial charge in [-0.1, -0.05) is 23.2 Å². The van der Waals surface area contributed by atoms with E-state index in [-0.39, 0.29) is 0 Å². The van der Waals surface area contributed by atoms with E-state index >= 15 is 0 Å². The van der Waals surface area contributed by atoms with E-state index < -0.39 is 0 Å². The largest absolute Gasteiger partial charge is 0.492 e. The van der Waals surface area contributed by atoms with E-state index in [1.165, 1.54) is 0 Å². The Morgan fingerprint density at radius 3 is 2.41 bits per heavy atom. The predicted octanol–water partition coefficient (Wildman–Crippen LogP) is 2.96. The second-order valence-corrected chi connectivity index (χ2v) is 5.39. The Bertz CT molecular complexity index is 470. The van der Waals surface area contributed by atoms with Crippen molar-refractivity contribution in [1.82, 2.24) is 10.6 Å². The van der Waals surface area contributed by atoms with Gasteiger partial charge in [0.1, 0.15) is 5.75 Å². The first kappa shape index (κ1) is 18.9. The van der Waals surface area contributed by atoms with Crippen molar-refractivity contribution in [2.75, 3.05) is 40.5 Å². The minimum atomic E-state index is 0.524. The highest BCUT2D eigenvalue weighted by Crippen LogP contribution is 2.27. The molecule has 0 fully saturated rings. The molecule has 124 valence electrons. The van der Waals surface area contributed by atoms with Crippen LogP contribution in [-0.2, 0) is 4.74 Å². The molecule has 1 aromatic carbocycles. The second kappa shape index (κ2) is 11.4. The summed E-state index contributed by atoms with van der Waals surface area (Å²) in [5, 5.41) is 7.55. The van der Waals surface area contributed by atoms with Crippen LogP contribution in [0.15, 0.2) is 23.2 Å². The first-order valence-corrected chi connectivity index (χ1v) is 7.94. The van der Waals surface area contributed by atoms with Crippen molar-refractivity contribution in [2.45, 2.75) is 12.8 Å². The zero-order valence-corrected chi connectivity index (χ0v) is 14.5. The highest BCUT2D eigenvalue weighted by molar-refractivity contribution is 6.35. The number of hydrogen-bond donors (Lipinski definition) is 2. The van der Waals surface area contributed by atoms with Crippen molar-refractivity contribution in [3.05, 3.63) is 28.2 Å². The van der Waals surface area contributed by atoms with Crippen LogP contribution in [0, 0.1) is 0 Å². The molecule has 0 aliphatic rings. The molecule has 5 nitrogen and oxygen atoms in total. The van der Waals surface area contributed by atoms with Crippen LogP contribution >= 0.6 is 23.2 Å². The SMILES string of the molecule is CN=C(NCCCOC)NCCCOc1ccc(Cl)cc1Cl. The van der Waals surface area contributed by atoms with Gasteiger partial charge < -0.3 is 20.1 Å². The van der Waals surface area contributed by atoms with Crippen molar-refractivity contribution in [3.8, 4) is 5.75 Å². The van der Waals surface area contributed by atoms with Gasteiger partial charge in [0.2, 0.25) is 0 Å². The number of rotatable bonds is 9. The lowest BCUT2D eigenvalue weighted by atomic mass is 10.3. The molecule has 0 bridgehead atoms. The Balaban J connectivity index is 2.16. The lowest BCUT2D eigenvalue weighted by Gasteiger charge is -2.12. The molecule has 0 saturated heterocycles. The zero-order valence-electron chi connectivity index (χ0n) is 13.0. The number of aliphatic imine (C=N–C) groups is 1. The lowest BCUT2D eigenvalue weighted by molar-refractivity contribution is 0.195. The molecule has 1 rings (SSSR count). The Morgan fingerprint density at radius 1 is 1.14 bits per heavy atom. The highest BCUT2D eigenvalue weighted by Gasteiger charge is 2.02. The van der Waals surface area contributed by atoms with Crippen LogP contribution in [0.4, 0.5) is 0 Å². The van der Waals surface area contributed by atoms with Crippen LogP contribution in [0.5, 0.6) is 5.75 Å². The summed E-state index contributed by atoms with van der Waals surface area (Å²) in [6.07, 6.45) is 1.77. The molecule has 1 aromatic rings. The molecule has 0 unspecified atom stereocenters. The number of benzene rings is 1. The summed E-state index contributed by atoms with van der Waals surface area (Å²) in [7, 11) is 3.44. The topological polar surface area (TPSA) is 54.9 Å². The van der Waals surface area contributed by atoms with Gasteiger partial charge in [0, 0.05) is 38.9 Å². The fourth-order valence-electron chi connectivity index (χ4n) is 1.70. The van der Waals surface area contributed by atoms with Crippen molar-refractivity contribution in [1.29, 1.82) is 0 Å². The summed E-state index contributed by atoms with van der Waals surface area (Å²) in [5.74, 6) is 1.42. The van der Waals surface area contributed by atoms with Gasteiger partial charge in [0.15, 0.2) is 5.96 Å². The fourth-order valence-corrected chi connectivity index (χ4v) is 2.16. The summed E-state index contributed by atoms with van der Waals surface area (Å²) in [5.41, 5.74) is 0. The second-order valence-electron chi connectivity index (χ2n) is 4.55. The quantitative estimate of drug-likeness (QED) is 0.409. The summed E-state index contributed by atoms with van der Waals surface area (Å²) in [6, 6.07) is 5.20. The first-order chi connectivity index (χ1) is 10.7. The monoisotopic (exact) mass is 347 g/mol. The van der Waals surface area contributed by atoms with Gasteiger partial charge in [-0.2, -0.15) is 0 Å². The molecule has 7 heteroatoms. The van der Waals surface area contributed by atoms with E-state index in [9.17, 15) is 0 Å². The van der Waals surface area contributed by atoms with Gasteiger partial charge in [-0.3, -0.25) is 4.99 Å². The Labute approximate surface area is 142 Å².